The van der Waals surface area contributed by atoms with Crippen LogP contribution in [0.2, 0.25) is 0 Å². The van der Waals surface area contributed by atoms with Crippen molar-refractivity contribution in [1.29, 1.82) is 0 Å². The molecule has 0 fully saturated rings. The highest BCUT2D eigenvalue weighted by Crippen LogP contribution is 2.33. The SMILES string of the molecule is COc1ccc(-n2ncc3c2CCC[C@@H]3NC(=O)c2noc3c2C[C@H](C)CC3)cc1. The number of methoxy groups -OCH3 is 1. The van der Waals surface area contributed by atoms with Crippen molar-refractivity contribution in [3.8, 4) is 11.4 Å². The quantitative estimate of drug-likeness (QED) is 0.713. The lowest BCUT2D eigenvalue weighted by Crippen LogP contribution is -2.32. The Morgan fingerprint density at radius 2 is 2.07 bits per heavy atom. The van der Waals surface area contributed by atoms with E-state index >= 15 is 0 Å². The molecule has 2 heterocycles. The van der Waals surface area contributed by atoms with Gasteiger partial charge in [-0.3, -0.25) is 4.79 Å². The minimum Gasteiger partial charge on any atom is -0.497 e. The largest absolute Gasteiger partial charge is 0.497 e. The van der Waals surface area contributed by atoms with E-state index < -0.39 is 0 Å². The molecule has 1 N–H and O–H groups in total. The van der Waals surface area contributed by atoms with Crippen LogP contribution in [-0.2, 0) is 19.3 Å². The molecule has 3 aromatic rings. The third-order valence-electron chi connectivity index (χ3n) is 6.31. The zero-order chi connectivity index (χ0) is 20.7. The summed E-state index contributed by atoms with van der Waals surface area (Å²) in [5, 5.41) is 11.9. The Bertz CT molecular complexity index is 1070. The Labute approximate surface area is 175 Å². The molecule has 1 amide bonds. The van der Waals surface area contributed by atoms with Crippen molar-refractivity contribution in [2.45, 2.75) is 51.5 Å². The summed E-state index contributed by atoms with van der Waals surface area (Å²) in [5.74, 6) is 2.08. The van der Waals surface area contributed by atoms with Crippen molar-refractivity contribution in [3.05, 3.63) is 58.7 Å². The maximum Gasteiger partial charge on any atom is 0.274 e. The second kappa shape index (κ2) is 7.63. The van der Waals surface area contributed by atoms with Crippen LogP contribution in [0.4, 0.5) is 0 Å². The van der Waals surface area contributed by atoms with Crippen molar-refractivity contribution < 1.29 is 14.1 Å². The number of nitrogens with one attached hydrogen (secondary N) is 1. The maximum absolute atomic E-state index is 13.0. The Morgan fingerprint density at radius 1 is 1.23 bits per heavy atom. The van der Waals surface area contributed by atoms with Crippen LogP contribution >= 0.6 is 0 Å². The summed E-state index contributed by atoms with van der Waals surface area (Å²) in [6, 6.07) is 7.79. The van der Waals surface area contributed by atoms with E-state index in [2.05, 4.69) is 22.5 Å². The number of fused-ring (bicyclic) bond motifs is 2. The first-order valence-electron chi connectivity index (χ1n) is 10.6. The lowest BCUT2D eigenvalue weighted by Gasteiger charge is -2.24. The number of benzene rings is 1. The number of nitrogens with zero attached hydrogens (tertiary/aromatic N) is 3. The van der Waals surface area contributed by atoms with Crippen LogP contribution < -0.4 is 10.1 Å². The molecule has 1 aromatic carbocycles. The Hall–Kier alpha value is -3.09. The van der Waals surface area contributed by atoms with E-state index in [4.69, 9.17) is 9.26 Å². The molecular formula is C23H26N4O3. The van der Waals surface area contributed by atoms with Gasteiger partial charge in [-0.15, -0.1) is 0 Å². The van der Waals surface area contributed by atoms with Crippen molar-refractivity contribution in [1.82, 2.24) is 20.3 Å². The van der Waals surface area contributed by atoms with E-state index in [0.717, 1.165) is 72.5 Å². The molecular weight excluding hydrogens is 380 g/mol. The van der Waals surface area contributed by atoms with Crippen LogP contribution in [0, 0.1) is 5.92 Å². The molecule has 2 aromatic heterocycles. The average molecular weight is 406 g/mol. The lowest BCUT2D eigenvalue weighted by molar-refractivity contribution is 0.0922. The molecule has 2 atom stereocenters. The first-order valence-corrected chi connectivity index (χ1v) is 10.6. The zero-order valence-electron chi connectivity index (χ0n) is 17.4. The number of ether oxygens (including phenoxy) is 1. The molecule has 0 aliphatic heterocycles. The topological polar surface area (TPSA) is 82.2 Å². The van der Waals surface area contributed by atoms with Gasteiger partial charge in [0.1, 0.15) is 11.5 Å². The highest BCUT2D eigenvalue weighted by Gasteiger charge is 2.30. The highest BCUT2D eigenvalue weighted by molar-refractivity contribution is 5.94. The van der Waals surface area contributed by atoms with Gasteiger partial charge in [-0.25, -0.2) is 4.68 Å². The molecule has 0 spiro atoms. The molecule has 5 rings (SSSR count). The highest BCUT2D eigenvalue weighted by atomic mass is 16.5. The Balaban J connectivity index is 1.39. The average Bonchev–Trinajstić information content (AvgIpc) is 3.38. The number of aromatic nitrogens is 3. The summed E-state index contributed by atoms with van der Waals surface area (Å²) < 4.78 is 12.7. The number of carbonyl (C=O) groups is 1. The van der Waals surface area contributed by atoms with Crippen molar-refractivity contribution in [2.75, 3.05) is 7.11 Å². The minimum absolute atomic E-state index is 0.0680. The number of aryl methyl sites for hydroxylation is 1. The van der Waals surface area contributed by atoms with Gasteiger partial charge in [0.2, 0.25) is 0 Å². The van der Waals surface area contributed by atoms with Crippen molar-refractivity contribution in [3.63, 3.8) is 0 Å². The van der Waals surface area contributed by atoms with Gasteiger partial charge in [0.15, 0.2) is 5.69 Å². The van der Waals surface area contributed by atoms with E-state index in [1.54, 1.807) is 7.11 Å². The second-order valence-electron chi connectivity index (χ2n) is 8.36. The first kappa shape index (κ1) is 18.9. The monoisotopic (exact) mass is 406 g/mol. The fourth-order valence-electron chi connectivity index (χ4n) is 4.64. The molecule has 156 valence electrons. The summed E-state index contributed by atoms with van der Waals surface area (Å²) in [6.45, 7) is 2.21. The zero-order valence-corrected chi connectivity index (χ0v) is 17.4. The predicted octanol–water partition coefficient (Wildman–Crippen LogP) is 3.80. The normalized spacial score (nSPS) is 20.3. The fraction of sp³-hybridized carbons (Fsp3) is 0.435. The molecule has 0 bridgehead atoms. The number of rotatable bonds is 4. The van der Waals surface area contributed by atoms with E-state index in [-0.39, 0.29) is 11.9 Å². The van der Waals surface area contributed by atoms with Crippen LogP contribution in [0.5, 0.6) is 5.75 Å². The lowest BCUT2D eigenvalue weighted by atomic mass is 9.88. The molecule has 7 heteroatoms. The van der Waals surface area contributed by atoms with Gasteiger partial charge in [-0.05, 0) is 62.3 Å². The number of amides is 1. The van der Waals surface area contributed by atoms with E-state index in [9.17, 15) is 4.79 Å². The third kappa shape index (κ3) is 3.28. The number of hydrogen-bond donors (Lipinski definition) is 1. The van der Waals surface area contributed by atoms with Gasteiger partial charge >= 0.3 is 0 Å². The molecule has 7 nitrogen and oxygen atoms in total. The summed E-state index contributed by atoms with van der Waals surface area (Å²) in [7, 11) is 1.66. The van der Waals surface area contributed by atoms with Gasteiger partial charge in [0, 0.05) is 23.2 Å². The van der Waals surface area contributed by atoms with Gasteiger partial charge in [0.05, 0.1) is 25.0 Å². The number of hydrogen-bond acceptors (Lipinski definition) is 5. The van der Waals surface area contributed by atoms with Crippen LogP contribution in [0.15, 0.2) is 35.0 Å². The van der Waals surface area contributed by atoms with Gasteiger partial charge < -0.3 is 14.6 Å². The van der Waals surface area contributed by atoms with Crippen molar-refractivity contribution in [2.24, 2.45) is 5.92 Å². The van der Waals surface area contributed by atoms with Gasteiger partial charge in [0.25, 0.3) is 5.91 Å². The standard InChI is InChI=1S/C23H26N4O3/c1-14-6-11-21-17(12-14)22(26-30-21)23(28)25-19-4-3-5-20-18(19)13-24-27(20)15-7-9-16(29-2)10-8-15/h7-10,13-14,19H,3-6,11-12H2,1-2H3,(H,25,28)/t14-,19+/m1/s1. The van der Waals surface area contributed by atoms with Crippen molar-refractivity contribution >= 4 is 5.91 Å². The van der Waals surface area contributed by atoms with Gasteiger partial charge in [-0.1, -0.05) is 12.1 Å². The Kier molecular flexibility index (Phi) is 4.81. The smallest absolute Gasteiger partial charge is 0.274 e. The molecule has 0 saturated heterocycles. The second-order valence-corrected chi connectivity index (χ2v) is 8.36. The summed E-state index contributed by atoms with van der Waals surface area (Å²) in [6.07, 6.45) is 7.50. The summed E-state index contributed by atoms with van der Waals surface area (Å²) >= 11 is 0. The first-order chi connectivity index (χ1) is 14.6. The van der Waals surface area contributed by atoms with Crippen LogP contribution in [0.25, 0.3) is 5.69 Å². The fourth-order valence-corrected chi connectivity index (χ4v) is 4.64. The van der Waals surface area contributed by atoms with Gasteiger partial charge in [-0.2, -0.15) is 5.10 Å². The summed E-state index contributed by atoms with van der Waals surface area (Å²) in [5.41, 5.74) is 4.65. The third-order valence-corrected chi connectivity index (χ3v) is 6.31. The summed E-state index contributed by atoms with van der Waals surface area (Å²) in [4.78, 5) is 13.0. The minimum atomic E-state index is -0.149. The van der Waals surface area contributed by atoms with E-state index in [1.165, 1.54) is 0 Å². The number of carbonyl (C=O) groups excluding carboxylic acids is 1. The maximum atomic E-state index is 13.0. The molecule has 0 radical (unpaired) electrons. The predicted molar refractivity (Wildman–Crippen MR) is 111 cm³/mol. The van der Waals surface area contributed by atoms with Crippen LogP contribution in [0.1, 0.15) is 65.3 Å². The van der Waals surface area contributed by atoms with E-state index in [1.807, 2.05) is 35.1 Å². The molecule has 2 aliphatic carbocycles. The van der Waals surface area contributed by atoms with Crippen LogP contribution in [-0.4, -0.2) is 28.0 Å². The van der Waals surface area contributed by atoms with E-state index in [0.29, 0.717) is 11.6 Å². The van der Waals surface area contributed by atoms with Crippen LogP contribution in [0.3, 0.4) is 0 Å². The molecule has 0 unspecified atom stereocenters. The molecule has 2 aliphatic rings. The Morgan fingerprint density at radius 3 is 2.87 bits per heavy atom. The molecule has 0 saturated carbocycles. The molecule has 30 heavy (non-hydrogen) atoms.